The molecule has 0 aliphatic carbocycles. The van der Waals surface area contributed by atoms with Gasteiger partial charge in [-0.1, -0.05) is 13.3 Å². The van der Waals surface area contributed by atoms with Crippen molar-refractivity contribution in [2.45, 2.75) is 42.9 Å². The van der Waals surface area contributed by atoms with E-state index in [1.165, 1.54) is 19.2 Å². The van der Waals surface area contributed by atoms with Crippen LogP contribution in [0.25, 0.3) is 0 Å². The van der Waals surface area contributed by atoms with Gasteiger partial charge in [0.05, 0.1) is 12.0 Å². The molecule has 140 valence electrons. The molecule has 1 aliphatic heterocycles. The topological polar surface area (TPSA) is 95.9 Å². The predicted octanol–water partition coefficient (Wildman–Crippen LogP) is 1.81. The van der Waals surface area contributed by atoms with Crippen molar-refractivity contribution in [1.29, 1.82) is 0 Å². The zero-order valence-corrected chi connectivity index (χ0v) is 15.5. The minimum absolute atomic E-state index is 0.171. The van der Waals surface area contributed by atoms with Crippen molar-refractivity contribution in [2.75, 3.05) is 20.2 Å². The van der Waals surface area contributed by atoms with Crippen LogP contribution in [0.2, 0.25) is 0 Å². The number of piperidine rings is 1. The van der Waals surface area contributed by atoms with Gasteiger partial charge in [0, 0.05) is 12.5 Å². The van der Waals surface area contributed by atoms with Gasteiger partial charge in [0.1, 0.15) is 11.1 Å². The fourth-order valence-corrected chi connectivity index (χ4v) is 5.09. The lowest BCUT2D eigenvalue weighted by Gasteiger charge is -2.38. The first-order valence-electron chi connectivity index (χ1n) is 8.50. The van der Waals surface area contributed by atoms with E-state index in [1.807, 2.05) is 4.90 Å². The molecule has 2 N–H and O–H groups in total. The Morgan fingerprint density at radius 3 is 2.60 bits per heavy atom. The van der Waals surface area contributed by atoms with Gasteiger partial charge < -0.3 is 4.74 Å². The molecule has 7 nitrogen and oxygen atoms in total. The molecule has 0 saturated carbocycles. The number of amides is 1. The van der Waals surface area contributed by atoms with E-state index in [4.69, 9.17) is 9.94 Å². The summed E-state index contributed by atoms with van der Waals surface area (Å²) in [5.74, 6) is -0.450. The maximum Gasteiger partial charge on any atom is 0.246 e. The van der Waals surface area contributed by atoms with Crippen molar-refractivity contribution in [2.24, 2.45) is 5.92 Å². The molecule has 25 heavy (non-hydrogen) atoms. The maximum atomic E-state index is 13.1. The molecule has 2 atom stereocenters. The van der Waals surface area contributed by atoms with E-state index in [0.717, 1.165) is 12.8 Å². The van der Waals surface area contributed by atoms with E-state index in [2.05, 4.69) is 6.92 Å². The van der Waals surface area contributed by atoms with Gasteiger partial charge in [0.15, 0.2) is 9.84 Å². The molecule has 0 radical (unpaired) electrons. The lowest BCUT2D eigenvalue weighted by Crippen LogP contribution is -2.50. The third-order valence-corrected chi connectivity index (χ3v) is 6.82. The highest BCUT2D eigenvalue weighted by Gasteiger charge is 2.40. The number of carbonyl (C=O) groups excluding carboxylic acids is 1. The van der Waals surface area contributed by atoms with Gasteiger partial charge in [0.2, 0.25) is 5.91 Å². The van der Waals surface area contributed by atoms with E-state index in [9.17, 15) is 13.2 Å². The van der Waals surface area contributed by atoms with Crippen molar-refractivity contribution >= 4 is 15.7 Å². The van der Waals surface area contributed by atoms with Crippen LogP contribution in [0.15, 0.2) is 29.2 Å². The van der Waals surface area contributed by atoms with E-state index >= 15 is 0 Å². The van der Waals surface area contributed by atoms with Crippen LogP contribution in [0.3, 0.4) is 0 Å². The monoisotopic (exact) mass is 370 g/mol. The van der Waals surface area contributed by atoms with E-state index in [0.29, 0.717) is 25.3 Å². The van der Waals surface area contributed by atoms with E-state index in [-0.39, 0.29) is 11.3 Å². The molecule has 1 aromatic carbocycles. The molecule has 1 amide bonds. The van der Waals surface area contributed by atoms with Gasteiger partial charge in [-0.25, -0.2) is 13.9 Å². The lowest BCUT2D eigenvalue weighted by molar-refractivity contribution is -0.135. The van der Waals surface area contributed by atoms with Gasteiger partial charge in [-0.05, 0) is 50.1 Å². The standard InChI is InChI=1S/C17H26N2O5S/c1-3-4-10-19-11-9-13(17(20)18-21)12-16(19)25(22,23)15-7-5-14(24-2)6-8-15/h5-8,13,16,21H,3-4,9-12H2,1-2H3,(H,18,20). The van der Waals surface area contributed by atoms with Gasteiger partial charge in [-0.2, -0.15) is 0 Å². The normalized spacial score (nSPS) is 21.7. The summed E-state index contributed by atoms with van der Waals surface area (Å²) in [7, 11) is -2.11. The zero-order chi connectivity index (χ0) is 18.4. The molecule has 0 bridgehead atoms. The number of nitrogens with one attached hydrogen (secondary N) is 1. The average molecular weight is 370 g/mol. The summed E-state index contributed by atoms with van der Waals surface area (Å²) in [6, 6.07) is 6.29. The second-order valence-corrected chi connectivity index (χ2v) is 8.37. The molecule has 2 unspecified atom stereocenters. The summed E-state index contributed by atoms with van der Waals surface area (Å²) in [6.07, 6.45) is 2.56. The second kappa shape index (κ2) is 8.64. The van der Waals surface area contributed by atoms with Crippen molar-refractivity contribution in [3.63, 3.8) is 0 Å². The first-order valence-corrected chi connectivity index (χ1v) is 10.0. The summed E-state index contributed by atoms with van der Waals surface area (Å²) in [4.78, 5) is 13.9. The minimum Gasteiger partial charge on any atom is -0.497 e. The van der Waals surface area contributed by atoms with Gasteiger partial charge in [0.25, 0.3) is 0 Å². The number of hydrogen-bond acceptors (Lipinski definition) is 6. The fraction of sp³-hybridized carbons (Fsp3) is 0.588. The third-order valence-electron chi connectivity index (χ3n) is 4.68. The second-order valence-electron chi connectivity index (χ2n) is 6.26. The Labute approximate surface area is 148 Å². The smallest absolute Gasteiger partial charge is 0.246 e. The number of methoxy groups -OCH3 is 1. The van der Waals surface area contributed by atoms with Crippen molar-refractivity contribution in [3.8, 4) is 5.75 Å². The molecule has 1 aromatic rings. The van der Waals surface area contributed by atoms with Gasteiger partial charge >= 0.3 is 0 Å². The lowest BCUT2D eigenvalue weighted by atomic mass is 9.96. The minimum atomic E-state index is -3.63. The van der Waals surface area contributed by atoms with Crippen LogP contribution in [0, 0.1) is 5.92 Å². The zero-order valence-electron chi connectivity index (χ0n) is 14.6. The Balaban J connectivity index is 2.30. The number of ether oxygens (including phenoxy) is 1. The first-order chi connectivity index (χ1) is 11.9. The van der Waals surface area contributed by atoms with E-state index < -0.39 is 27.0 Å². The van der Waals surface area contributed by atoms with Crippen molar-refractivity contribution in [3.05, 3.63) is 24.3 Å². The molecule has 2 rings (SSSR count). The van der Waals surface area contributed by atoms with Crippen LogP contribution >= 0.6 is 0 Å². The summed E-state index contributed by atoms with van der Waals surface area (Å²) in [6.45, 7) is 3.24. The van der Waals surface area contributed by atoms with Crippen LogP contribution in [-0.2, 0) is 14.6 Å². The molecule has 8 heteroatoms. The Kier molecular flexibility index (Phi) is 6.80. The van der Waals surface area contributed by atoms with Crippen molar-refractivity contribution in [1.82, 2.24) is 10.4 Å². The average Bonchev–Trinajstić information content (AvgIpc) is 2.65. The molecular formula is C17H26N2O5S. The van der Waals surface area contributed by atoms with Crippen LogP contribution in [-0.4, -0.2) is 50.0 Å². The maximum absolute atomic E-state index is 13.1. The molecular weight excluding hydrogens is 344 g/mol. The van der Waals surface area contributed by atoms with Crippen molar-refractivity contribution < 1.29 is 23.2 Å². The van der Waals surface area contributed by atoms with Crippen LogP contribution in [0.1, 0.15) is 32.6 Å². The third kappa shape index (κ3) is 4.50. The number of sulfone groups is 1. The Morgan fingerprint density at radius 1 is 1.36 bits per heavy atom. The molecule has 0 spiro atoms. The molecule has 1 aliphatic rings. The Morgan fingerprint density at radius 2 is 2.04 bits per heavy atom. The number of nitrogens with zero attached hydrogens (tertiary/aromatic N) is 1. The van der Waals surface area contributed by atoms with Crippen LogP contribution in [0.5, 0.6) is 5.75 Å². The van der Waals surface area contributed by atoms with Gasteiger partial charge in [-0.15, -0.1) is 0 Å². The molecule has 0 aromatic heterocycles. The quantitative estimate of drug-likeness (QED) is 0.561. The summed E-state index contributed by atoms with van der Waals surface area (Å²) in [5.41, 5.74) is 1.65. The highest BCUT2D eigenvalue weighted by atomic mass is 32.2. The first kappa shape index (κ1) is 19.7. The summed E-state index contributed by atoms with van der Waals surface area (Å²) < 4.78 is 31.4. The fourth-order valence-electron chi connectivity index (χ4n) is 3.17. The number of rotatable bonds is 7. The highest BCUT2D eigenvalue weighted by molar-refractivity contribution is 7.92. The number of likely N-dealkylation sites (tertiary alicyclic amines) is 1. The molecule has 1 fully saturated rings. The SMILES string of the molecule is CCCCN1CCC(C(=O)NO)CC1S(=O)(=O)c1ccc(OC)cc1. The number of unbranched alkanes of at least 4 members (excludes halogenated alkanes) is 1. The highest BCUT2D eigenvalue weighted by Crippen LogP contribution is 2.31. The largest absolute Gasteiger partial charge is 0.497 e. The molecule has 1 heterocycles. The summed E-state index contributed by atoms with van der Waals surface area (Å²) >= 11 is 0. The van der Waals surface area contributed by atoms with Crippen LogP contribution < -0.4 is 10.2 Å². The molecule has 1 saturated heterocycles. The predicted molar refractivity (Wildman–Crippen MR) is 93.1 cm³/mol. The van der Waals surface area contributed by atoms with Crippen LogP contribution in [0.4, 0.5) is 0 Å². The number of hydroxylamine groups is 1. The van der Waals surface area contributed by atoms with E-state index in [1.54, 1.807) is 17.6 Å². The number of carbonyl (C=O) groups is 1. The number of hydrogen-bond donors (Lipinski definition) is 2. The Bertz CT molecular complexity index is 675. The summed E-state index contributed by atoms with van der Waals surface area (Å²) in [5, 5.41) is 8.11. The van der Waals surface area contributed by atoms with Gasteiger partial charge in [-0.3, -0.25) is 14.9 Å². The Hall–Kier alpha value is -1.64. The number of benzene rings is 1.